The van der Waals surface area contributed by atoms with Gasteiger partial charge < -0.3 is 10.0 Å². The number of nitrogens with zero attached hydrogens (tertiary/aromatic N) is 4. The summed E-state index contributed by atoms with van der Waals surface area (Å²) in [5, 5.41) is 13.7. The Morgan fingerprint density at radius 1 is 1.43 bits per heavy atom. The Kier molecular flexibility index (Phi) is 3.18. The molecule has 6 nitrogen and oxygen atoms in total. The lowest BCUT2D eigenvalue weighted by atomic mass is 10.1. The summed E-state index contributed by atoms with van der Waals surface area (Å²) in [6, 6.07) is 4.04. The first kappa shape index (κ1) is 14.0. The number of hydrogen-bond acceptors (Lipinski definition) is 4. The Hall–Kier alpha value is -2.63. The normalized spacial score (nSPS) is 17.0. The molecule has 2 aromatic heterocycles. The molecule has 0 unspecified atom stereocenters. The van der Waals surface area contributed by atoms with Gasteiger partial charge in [0, 0.05) is 37.3 Å². The molecule has 2 aromatic rings. The minimum Gasteiger partial charge on any atom is -0.478 e. The zero-order valence-electron chi connectivity index (χ0n) is 12.9. The largest absolute Gasteiger partial charge is 0.478 e. The molecule has 1 fully saturated rings. The Labute approximate surface area is 134 Å². The molecule has 1 aliphatic heterocycles. The average Bonchev–Trinajstić information content (AvgIpc) is 3.21. The van der Waals surface area contributed by atoms with Crippen molar-refractivity contribution in [3.63, 3.8) is 0 Å². The maximum Gasteiger partial charge on any atom is 0.328 e. The van der Waals surface area contributed by atoms with E-state index in [2.05, 4.69) is 21.0 Å². The number of anilines is 2. The van der Waals surface area contributed by atoms with Gasteiger partial charge in [-0.05, 0) is 37.0 Å². The van der Waals surface area contributed by atoms with Crippen molar-refractivity contribution in [1.82, 2.24) is 14.8 Å². The van der Waals surface area contributed by atoms with Crippen molar-refractivity contribution < 1.29 is 9.90 Å². The first-order chi connectivity index (χ1) is 11.1. The molecule has 0 radical (unpaired) electrons. The minimum absolute atomic E-state index is 0.453. The van der Waals surface area contributed by atoms with E-state index in [0.29, 0.717) is 5.92 Å². The molecule has 2 aliphatic rings. The molecule has 0 amide bonds. The first-order valence-corrected chi connectivity index (χ1v) is 7.84. The van der Waals surface area contributed by atoms with Gasteiger partial charge in [0.1, 0.15) is 11.6 Å². The van der Waals surface area contributed by atoms with Gasteiger partial charge in [0.2, 0.25) is 0 Å². The lowest BCUT2D eigenvalue weighted by Crippen LogP contribution is -2.18. The Bertz CT molecular complexity index is 805. The summed E-state index contributed by atoms with van der Waals surface area (Å²) in [5.74, 6) is 1.39. The van der Waals surface area contributed by atoms with Crippen LogP contribution in [-0.4, -0.2) is 32.4 Å². The van der Waals surface area contributed by atoms with Crippen LogP contribution < -0.4 is 4.90 Å². The number of carboxylic acids is 1. The fraction of sp³-hybridized carbons (Fsp3) is 0.353. The van der Waals surface area contributed by atoms with Crippen molar-refractivity contribution in [1.29, 1.82) is 0 Å². The molecule has 1 N–H and O–H groups in total. The van der Waals surface area contributed by atoms with Crippen LogP contribution in [0.2, 0.25) is 0 Å². The third kappa shape index (κ3) is 2.40. The summed E-state index contributed by atoms with van der Waals surface area (Å²) in [5.41, 5.74) is 3.13. The van der Waals surface area contributed by atoms with Gasteiger partial charge in [-0.2, -0.15) is 5.10 Å². The molecule has 3 heterocycles. The maximum atomic E-state index is 11.0. The third-order valence-electron chi connectivity index (χ3n) is 4.42. The summed E-state index contributed by atoms with van der Waals surface area (Å²) in [6.07, 6.45) is 7.86. The van der Waals surface area contributed by atoms with Crippen LogP contribution in [0.15, 0.2) is 24.4 Å². The Morgan fingerprint density at radius 2 is 2.26 bits per heavy atom. The summed E-state index contributed by atoms with van der Waals surface area (Å²) in [7, 11) is 1.92. The van der Waals surface area contributed by atoms with Crippen LogP contribution in [0.4, 0.5) is 11.6 Å². The second-order valence-electron chi connectivity index (χ2n) is 6.08. The molecule has 0 bridgehead atoms. The molecule has 23 heavy (non-hydrogen) atoms. The number of aryl methyl sites for hydroxylation is 1. The molecule has 1 aliphatic carbocycles. The highest BCUT2D eigenvalue weighted by Crippen LogP contribution is 2.45. The fourth-order valence-electron chi connectivity index (χ4n) is 3.26. The van der Waals surface area contributed by atoms with E-state index in [1.165, 1.54) is 11.6 Å². The predicted octanol–water partition coefficient (Wildman–Crippen LogP) is 2.48. The van der Waals surface area contributed by atoms with Crippen LogP contribution in [0.25, 0.3) is 6.08 Å². The molecule has 6 heteroatoms. The number of aliphatic carboxylic acids is 1. The van der Waals surface area contributed by atoms with Gasteiger partial charge >= 0.3 is 5.97 Å². The zero-order valence-corrected chi connectivity index (χ0v) is 12.9. The maximum absolute atomic E-state index is 11.0. The summed E-state index contributed by atoms with van der Waals surface area (Å²) < 4.78 is 1.86. The summed E-state index contributed by atoms with van der Waals surface area (Å²) in [4.78, 5) is 17.6. The highest BCUT2D eigenvalue weighted by molar-refractivity contribution is 5.88. The van der Waals surface area contributed by atoms with E-state index in [4.69, 9.17) is 5.11 Å². The van der Waals surface area contributed by atoms with E-state index in [9.17, 15) is 4.79 Å². The van der Waals surface area contributed by atoms with E-state index in [1.807, 2.05) is 17.8 Å². The van der Waals surface area contributed by atoms with Crippen LogP contribution >= 0.6 is 0 Å². The van der Waals surface area contributed by atoms with Crippen LogP contribution in [0, 0.1) is 0 Å². The van der Waals surface area contributed by atoms with E-state index >= 15 is 0 Å². The Balaban J connectivity index is 1.83. The van der Waals surface area contributed by atoms with Gasteiger partial charge in [0.15, 0.2) is 0 Å². The van der Waals surface area contributed by atoms with Gasteiger partial charge in [-0.1, -0.05) is 6.07 Å². The molecule has 4 rings (SSSR count). The van der Waals surface area contributed by atoms with E-state index < -0.39 is 5.97 Å². The van der Waals surface area contributed by atoms with Crippen LogP contribution in [0.1, 0.15) is 35.6 Å². The molecule has 1 saturated carbocycles. The second kappa shape index (κ2) is 5.22. The smallest absolute Gasteiger partial charge is 0.328 e. The van der Waals surface area contributed by atoms with E-state index in [1.54, 1.807) is 12.3 Å². The number of carboxylic acid groups (broad SMARTS) is 1. The predicted molar refractivity (Wildman–Crippen MR) is 86.8 cm³/mol. The number of pyridine rings is 1. The van der Waals surface area contributed by atoms with Gasteiger partial charge in [-0.15, -0.1) is 0 Å². The molecule has 118 valence electrons. The lowest BCUT2D eigenvalue weighted by molar-refractivity contribution is -0.131. The number of rotatable bonds is 4. The quantitative estimate of drug-likeness (QED) is 0.879. The van der Waals surface area contributed by atoms with Crippen LogP contribution in [-0.2, 0) is 18.3 Å². The van der Waals surface area contributed by atoms with Gasteiger partial charge in [-0.25, -0.2) is 9.78 Å². The van der Waals surface area contributed by atoms with Gasteiger partial charge in [-0.3, -0.25) is 4.68 Å². The fourth-order valence-corrected chi connectivity index (χ4v) is 3.26. The van der Waals surface area contributed by atoms with Crippen molar-refractivity contribution in [2.45, 2.75) is 25.2 Å². The number of aromatic nitrogens is 3. The molecule has 0 aromatic carbocycles. The van der Waals surface area contributed by atoms with Crippen molar-refractivity contribution >= 4 is 23.7 Å². The van der Waals surface area contributed by atoms with Gasteiger partial charge in [0.05, 0.1) is 5.69 Å². The molecular weight excluding hydrogens is 292 g/mol. The molecule has 0 atom stereocenters. The van der Waals surface area contributed by atoms with Crippen molar-refractivity contribution in [2.24, 2.45) is 7.05 Å². The summed E-state index contributed by atoms with van der Waals surface area (Å²) >= 11 is 0. The van der Waals surface area contributed by atoms with Crippen LogP contribution in [0.5, 0.6) is 0 Å². The number of hydrogen-bond donors (Lipinski definition) is 1. The van der Waals surface area contributed by atoms with E-state index in [-0.39, 0.29) is 0 Å². The Morgan fingerprint density at radius 3 is 3.00 bits per heavy atom. The lowest BCUT2D eigenvalue weighted by Gasteiger charge is -2.19. The second-order valence-corrected chi connectivity index (χ2v) is 6.08. The third-order valence-corrected chi connectivity index (χ3v) is 4.42. The topological polar surface area (TPSA) is 71.2 Å². The molecular formula is C17H18N4O2. The highest BCUT2D eigenvalue weighted by Gasteiger charge is 2.33. The number of fused-ring (bicyclic) bond motifs is 1. The van der Waals surface area contributed by atoms with Crippen molar-refractivity contribution in [3.8, 4) is 0 Å². The molecule has 0 saturated heterocycles. The number of carbonyl (C=O) groups is 1. The van der Waals surface area contributed by atoms with E-state index in [0.717, 1.165) is 48.7 Å². The van der Waals surface area contributed by atoms with Crippen molar-refractivity contribution in [3.05, 3.63) is 41.2 Å². The highest BCUT2D eigenvalue weighted by atomic mass is 16.4. The summed E-state index contributed by atoms with van der Waals surface area (Å²) in [6.45, 7) is 0.837. The SMILES string of the molecule is Cn1nc(C2CC2)c(/C=C/C(=O)O)c1N1CCc2cccnc21. The monoisotopic (exact) mass is 310 g/mol. The standard InChI is InChI=1S/C17H18N4O2/c1-20-17(21-10-8-12-3-2-9-18-16(12)21)13(6-7-14(22)23)15(19-20)11-4-5-11/h2-3,6-7,9,11H,4-5,8,10H2,1H3,(H,22,23)/b7-6+. The molecule has 0 spiro atoms. The average molecular weight is 310 g/mol. The van der Waals surface area contributed by atoms with Crippen LogP contribution in [0.3, 0.4) is 0 Å². The first-order valence-electron chi connectivity index (χ1n) is 7.84. The zero-order chi connectivity index (χ0) is 16.0. The minimum atomic E-state index is -0.943. The van der Waals surface area contributed by atoms with Gasteiger partial charge in [0.25, 0.3) is 0 Å². The van der Waals surface area contributed by atoms with Crippen molar-refractivity contribution in [2.75, 3.05) is 11.4 Å².